The lowest BCUT2D eigenvalue weighted by molar-refractivity contribution is -0.147. The quantitative estimate of drug-likeness (QED) is 0.940. The summed E-state index contributed by atoms with van der Waals surface area (Å²) in [4.78, 5) is 30.8. The Morgan fingerprint density at radius 1 is 1.50 bits per heavy atom. The number of furan rings is 1. The largest absolute Gasteiger partial charge is 0.480 e. The molecule has 1 aliphatic heterocycles. The van der Waals surface area contributed by atoms with Crippen molar-refractivity contribution in [3.8, 4) is 10.8 Å². The highest BCUT2D eigenvalue weighted by molar-refractivity contribution is 7.15. The zero-order valence-corrected chi connectivity index (χ0v) is 13.1. The van der Waals surface area contributed by atoms with E-state index in [2.05, 4.69) is 4.98 Å². The van der Waals surface area contributed by atoms with Gasteiger partial charge in [0.2, 0.25) is 0 Å². The van der Waals surface area contributed by atoms with Gasteiger partial charge in [-0.25, -0.2) is 9.78 Å². The van der Waals surface area contributed by atoms with Crippen LogP contribution in [0.25, 0.3) is 10.8 Å². The molecule has 0 aliphatic carbocycles. The maximum absolute atomic E-state index is 12.7. The van der Waals surface area contributed by atoms with Gasteiger partial charge in [-0.2, -0.15) is 0 Å². The van der Waals surface area contributed by atoms with Crippen LogP contribution in [0.4, 0.5) is 0 Å². The number of hydrogen-bond acceptors (Lipinski definition) is 5. The molecule has 0 aromatic carbocycles. The fourth-order valence-electron chi connectivity index (χ4n) is 2.74. The van der Waals surface area contributed by atoms with E-state index in [0.717, 1.165) is 4.88 Å². The first kappa shape index (κ1) is 14.8. The number of rotatable bonds is 3. The van der Waals surface area contributed by atoms with Crippen LogP contribution >= 0.6 is 11.3 Å². The minimum atomic E-state index is -1.15. The summed E-state index contributed by atoms with van der Waals surface area (Å²) in [7, 11) is 0. The van der Waals surface area contributed by atoms with Crippen molar-refractivity contribution in [3.05, 3.63) is 29.0 Å². The first-order valence-corrected chi connectivity index (χ1v) is 7.82. The number of nitrogens with zero attached hydrogens (tertiary/aromatic N) is 2. The predicted octanol–water partition coefficient (Wildman–Crippen LogP) is 2.79. The van der Waals surface area contributed by atoms with Crippen molar-refractivity contribution in [2.75, 3.05) is 6.54 Å². The summed E-state index contributed by atoms with van der Waals surface area (Å²) in [6.45, 7) is 3.84. The van der Waals surface area contributed by atoms with Gasteiger partial charge in [-0.1, -0.05) is 0 Å². The Kier molecular flexibility index (Phi) is 3.52. The number of amides is 1. The van der Waals surface area contributed by atoms with Gasteiger partial charge in [0.1, 0.15) is 11.2 Å². The van der Waals surface area contributed by atoms with Crippen LogP contribution in [0.2, 0.25) is 0 Å². The van der Waals surface area contributed by atoms with Gasteiger partial charge < -0.3 is 14.4 Å². The third-order valence-corrected chi connectivity index (χ3v) is 5.06. The number of likely N-dealkylation sites (tertiary alicyclic amines) is 1. The van der Waals surface area contributed by atoms with Crippen molar-refractivity contribution in [2.45, 2.75) is 32.2 Å². The second kappa shape index (κ2) is 5.24. The van der Waals surface area contributed by atoms with Crippen LogP contribution in [0.1, 0.15) is 35.1 Å². The van der Waals surface area contributed by atoms with Gasteiger partial charge in [-0.05, 0) is 38.8 Å². The number of carbonyl (C=O) groups is 2. The van der Waals surface area contributed by atoms with E-state index in [4.69, 9.17) is 4.42 Å². The van der Waals surface area contributed by atoms with Crippen molar-refractivity contribution in [1.82, 2.24) is 9.88 Å². The Balaban J connectivity index is 1.94. The summed E-state index contributed by atoms with van der Waals surface area (Å²) in [5.74, 6) is -0.694. The molecule has 0 radical (unpaired) electrons. The normalized spacial score (nSPS) is 21.3. The number of aryl methyl sites for hydroxylation is 1. The molecule has 1 amide bonds. The topological polar surface area (TPSA) is 83.6 Å². The number of carboxylic acids is 1. The van der Waals surface area contributed by atoms with Gasteiger partial charge in [0.05, 0.1) is 6.26 Å². The van der Waals surface area contributed by atoms with E-state index >= 15 is 0 Å². The Morgan fingerprint density at radius 2 is 2.27 bits per heavy atom. The Bertz CT molecular complexity index is 722. The molecular weight excluding hydrogens is 304 g/mol. The summed E-state index contributed by atoms with van der Waals surface area (Å²) < 4.78 is 5.30. The van der Waals surface area contributed by atoms with Crippen LogP contribution in [0.3, 0.4) is 0 Å². The monoisotopic (exact) mass is 320 g/mol. The molecule has 2 aromatic heterocycles. The molecule has 1 saturated heterocycles. The smallest absolute Gasteiger partial charge is 0.329 e. The third kappa shape index (κ3) is 2.21. The SMILES string of the molecule is Cc1sc(-c2ccco2)nc1C(=O)N1CCCC1(C)C(=O)O. The van der Waals surface area contributed by atoms with Gasteiger partial charge in [0.15, 0.2) is 10.8 Å². The summed E-state index contributed by atoms with van der Waals surface area (Å²) in [6, 6.07) is 3.54. The minimum absolute atomic E-state index is 0.311. The van der Waals surface area contributed by atoms with Crippen LogP contribution in [-0.4, -0.2) is 39.0 Å². The van der Waals surface area contributed by atoms with Crippen molar-refractivity contribution >= 4 is 23.2 Å². The zero-order chi connectivity index (χ0) is 15.9. The van der Waals surface area contributed by atoms with Crippen molar-refractivity contribution in [1.29, 1.82) is 0 Å². The summed E-state index contributed by atoms with van der Waals surface area (Å²) in [5.41, 5.74) is -0.844. The molecule has 116 valence electrons. The van der Waals surface area contributed by atoms with Gasteiger partial charge in [-0.3, -0.25) is 4.79 Å². The van der Waals surface area contributed by atoms with Crippen LogP contribution < -0.4 is 0 Å². The summed E-state index contributed by atoms with van der Waals surface area (Å²) in [6.07, 6.45) is 2.70. The third-order valence-electron chi connectivity index (χ3n) is 4.08. The summed E-state index contributed by atoms with van der Waals surface area (Å²) >= 11 is 1.37. The molecule has 0 bridgehead atoms. The number of aliphatic carboxylic acids is 1. The zero-order valence-electron chi connectivity index (χ0n) is 12.3. The maximum atomic E-state index is 12.7. The minimum Gasteiger partial charge on any atom is -0.480 e. The molecule has 6 nitrogen and oxygen atoms in total. The van der Waals surface area contributed by atoms with Crippen LogP contribution in [0.5, 0.6) is 0 Å². The van der Waals surface area contributed by atoms with Gasteiger partial charge in [-0.15, -0.1) is 11.3 Å². The van der Waals surface area contributed by atoms with Crippen LogP contribution in [0.15, 0.2) is 22.8 Å². The van der Waals surface area contributed by atoms with E-state index in [9.17, 15) is 14.7 Å². The van der Waals surface area contributed by atoms with Gasteiger partial charge in [0, 0.05) is 11.4 Å². The van der Waals surface area contributed by atoms with Gasteiger partial charge in [0.25, 0.3) is 5.91 Å². The summed E-state index contributed by atoms with van der Waals surface area (Å²) in [5, 5.41) is 10.1. The Morgan fingerprint density at radius 3 is 2.91 bits per heavy atom. The number of thiazole rings is 1. The van der Waals surface area contributed by atoms with Crippen LogP contribution in [-0.2, 0) is 4.79 Å². The lowest BCUT2D eigenvalue weighted by Crippen LogP contribution is -2.51. The number of carboxylic acid groups (broad SMARTS) is 1. The molecule has 1 unspecified atom stereocenters. The van der Waals surface area contributed by atoms with Gasteiger partial charge >= 0.3 is 5.97 Å². The van der Waals surface area contributed by atoms with Crippen molar-refractivity contribution in [2.24, 2.45) is 0 Å². The number of aromatic nitrogens is 1. The molecule has 1 fully saturated rings. The first-order valence-electron chi connectivity index (χ1n) is 7.00. The molecule has 7 heteroatoms. The molecule has 0 spiro atoms. The lowest BCUT2D eigenvalue weighted by Gasteiger charge is -2.30. The molecular formula is C15H16N2O4S. The Hall–Kier alpha value is -2.15. The number of hydrogen-bond donors (Lipinski definition) is 1. The van der Waals surface area contributed by atoms with Crippen molar-refractivity contribution < 1.29 is 19.1 Å². The number of carbonyl (C=O) groups excluding carboxylic acids is 1. The average molecular weight is 320 g/mol. The molecule has 1 N–H and O–H groups in total. The average Bonchev–Trinajstić information content (AvgIpc) is 3.17. The van der Waals surface area contributed by atoms with E-state index < -0.39 is 11.5 Å². The molecule has 1 aliphatic rings. The molecule has 3 heterocycles. The van der Waals surface area contributed by atoms with Crippen LogP contribution in [0, 0.1) is 6.92 Å². The van der Waals surface area contributed by atoms with E-state index in [-0.39, 0.29) is 5.91 Å². The molecule has 1 atom stereocenters. The Labute approximate surface area is 131 Å². The highest BCUT2D eigenvalue weighted by Gasteiger charge is 2.46. The standard InChI is InChI=1S/C15H16N2O4S/c1-9-11(16-12(22-9)10-5-3-8-21-10)13(18)17-7-4-6-15(17,2)14(19)20/h3,5,8H,4,6-7H2,1-2H3,(H,19,20). The predicted molar refractivity (Wildman–Crippen MR) is 80.9 cm³/mol. The van der Waals surface area contributed by atoms with E-state index in [1.807, 2.05) is 6.92 Å². The molecule has 2 aromatic rings. The van der Waals surface area contributed by atoms with E-state index in [1.54, 1.807) is 25.3 Å². The molecule has 22 heavy (non-hydrogen) atoms. The highest BCUT2D eigenvalue weighted by Crippen LogP contribution is 2.33. The fourth-order valence-corrected chi connectivity index (χ4v) is 3.61. The molecule has 3 rings (SSSR count). The second-order valence-electron chi connectivity index (χ2n) is 5.54. The van der Waals surface area contributed by atoms with E-state index in [0.29, 0.717) is 35.8 Å². The van der Waals surface area contributed by atoms with E-state index in [1.165, 1.54) is 16.2 Å². The first-order chi connectivity index (χ1) is 10.4. The highest BCUT2D eigenvalue weighted by atomic mass is 32.1. The lowest BCUT2D eigenvalue weighted by atomic mass is 9.99. The maximum Gasteiger partial charge on any atom is 0.329 e. The van der Waals surface area contributed by atoms with Crippen molar-refractivity contribution in [3.63, 3.8) is 0 Å². The molecule has 0 saturated carbocycles. The fraction of sp³-hybridized carbons (Fsp3) is 0.400. The second-order valence-corrected chi connectivity index (χ2v) is 6.74.